The highest BCUT2D eigenvalue weighted by molar-refractivity contribution is 7.99. The Kier molecular flexibility index (Phi) is 7.34. The summed E-state index contributed by atoms with van der Waals surface area (Å²) in [6.45, 7) is 3.32. The number of thioether (sulfide) groups is 1. The maximum absolute atomic E-state index is 12.2. The molecule has 1 N–H and O–H groups in total. The molecule has 2 heterocycles. The zero-order chi connectivity index (χ0) is 20.8. The maximum Gasteiger partial charge on any atom is 0.316 e. The van der Waals surface area contributed by atoms with Gasteiger partial charge in [0.05, 0.1) is 17.0 Å². The second-order valence-electron chi connectivity index (χ2n) is 6.88. The summed E-state index contributed by atoms with van der Waals surface area (Å²) < 4.78 is 10.2. The van der Waals surface area contributed by atoms with E-state index < -0.39 is 11.9 Å². The van der Waals surface area contributed by atoms with Crippen LogP contribution in [0.5, 0.6) is 0 Å². The lowest BCUT2D eigenvalue weighted by Crippen LogP contribution is -2.21. The van der Waals surface area contributed by atoms with Crippen molar-refractivity contribution in [1.82, 2.24) is 5.16 Å². The van der Waals surface area contributed by atoms with Crippen LogP contribution in [0.15, 0.2) is 4.52 Å². The molecule has 1 aliphatic rings. The number of hydrogen-bond donors (Lipinski definition) is 1. The molecule has 0 atom stereocenters. The lowest BCUT2D eigenvalue weighted by Gasteiger charge is -2.06. The van der Waals surface area contributed by atoms with Gasteiger partial charge in [-0.1, -0.05) is 11.6 Å². The number of carbonyl (C=O) groups is 2. The molecule has 7 nitrogen and oxygen atoms in total. The molecule has 0 aliphatic heterocycles. The van der Waals surface area contributed by atoms with Gasteiger partial charge in [0.25, 0.3) is 5.91 Å². The Morgan fingerprint density at radius 1 is 1.31 bits per heavy atom. The van der Waals surface area contributed by atoms with E-state index in [9.17, 15) is 14.9 Å². The third kappa shape index (κ3) is 5.40. The van der Waals surface area contributed by atoms with Crippen molar-refractivity contribution in [2.45, 2.75) is 51.7 Å². The number of aryl methyl sites for hydroxylation is 3. The van der Waals surface area contributed by atoms with Crippen LogP contribution in [0, 0.1) is 25.2 Å². The molecule has 3 rings (SSSR count). The minimum Gasteiger partial charge on any atom is -0.455 e. The minimum absolute atomic E-state index is 0.133. The van der Waals surface area contributed by atoms with E-state index in [-0.39, 0.29) is 12.4 Å². The molecule has 0 radical (unpaired) electrons. The number of rotatable bonds is 7. The van der Waals surface area contributed by atoms with Crippen molar-refractivity contribution in [3.8, 4) is 6.07 Å². The number of nitriles is 1. The van der Waals surface area contributed by atoms with Crippen molar-refractivity contribution in [2.24, 2.45) is 0 Å². The highest BCUT2D eigenvalue weighted by Gasteiger charge is 2.21. The Labute approximate surface area is 177 Å². The van der Waals surface area contributed by atoms with Gasteiger partial charge in [0.1, 0.15) is 16.8 Å². The third-order valence-corrected chi connectivity index (χ3v) is 6.94. The largest absolute Gasteiger partial charge is 0.455 e. The van der Waals surface area contributed by atoms with E-state index in [4.69, 9.17) is 9.26 Å². The lowest BCUT2D eigenvalue weighted by molar-refractivity contribution is -0.144. The molecule has 2 aromatic rings. The molecule has 29 heavy (non-hydrogen) atoms. The molecular weight excluding hydrogens is 410 g/mol. The first kappa shape index (κ1) is 21.4. The Hall–Kier alpha value is -2.31. The van der Waals surface area contributed by atoms with Crippen molar-refractivity contribution in [3.63, 3.8) is 0 Å². The van der Waals surface area contributed by atoms with E-state index in [0.29, 0.717) is 16.3 Å². The van der Waals surface area contributed by atoms with Crippen molar-refractivity contribution >= 4 is 40.0 Å². The fourth-order valence-corrected chi connectivity index (χ4v) is 5.47. The van der Waals surface area contributed by atoms with Gasteiger partial charge in [-0.05, 0) is 45.1 Å². The molecule has 0 saturated carbocycles. The Bertz CT molecular complexity index is 923. The number of carbonyl (C=O) groups excluding carboxylic acids is 2. The van der Waals surface area contributed by atoms with Crippen LogP contribution in [0.3, 0.4) is 0 Å². The molecule has 1 amide bonds. The predicted octanol–water partition coefficient (Wildman–Crippen LogP) is 3.91. The third-order valence-electron chi connectivity index (χ3n) is 4.80. The van der Waals surface area contributed by atoms with Gasteiger partial charge in [-0.15, -0.1) is 23.1 Å². The van der Waals surface area contributed by atoms with Gasteiger partial charge in [-0.3, -0.25) is 9.59 Å². The quantitative estimate of drug-likeness (QED) is 0.521. The standard InChI is InChI=1S/C20H23N3O4S2/c1-12-16(13(2)27-23-12)10-28-11-19(25)26-9-18(24)22-20-15(8-21)14-6-4-3-5-7-17(14)29-20/h3-7,9-11H2,1-2H3,(H,22,24). The summed E-state index contributed by atoms with van der Waals surface area (Å²) in [5.41, 5.74) is 3.41. The Balaban J connectivity index is 1.46. The number of thiophene rings is 1. The molecule has 0 unspecified atom stereocenters. The predicted molar refractivity (Wildman–Crippen MR) is 112 cm³/mol. The van der Waals surface area contributed by atoms with Gasteiger partial charge >= 0.3 is 5.97 Å². The number of hydrogen-bond acceptors (Lipinski definition) is 8. The molecule has 0 fully saturated rings. The summed E-state index contributed by atoms with van der Waals surface area (Å²) in [6.07, 6.45) is 5.16. The summed E-state index contributed by atoms with van der Waals surface area (Å²) in [5, 5.41) is 16.7. The van der Waals surface area contributed by atoms with Crippen LogP contribution in [0.1, 0.15) is 52.3 Å². The topological polar surface area (TPSA) is 105 Å². The Morgan fingerprint density at radius 2 is 2.10 bits per heavy atom. The van der Waals surface area contributed by atoms with Crippen LogP contribution < -0.4 is 5.32 Å². The van der Waals surface area contributed by atoms with Crippen LogP contribution in [0.4, 0.5) is 5.00 Å². The SMILES string of the molecule is Cc1noc(C)c1CSCC(=O)OCC(=O)Nc1sc2c(c1C#N)CCCCC2. The number of anilines is 1. The minimum atomic E-state index is -0.459. The summed E-state index contributed by atoms with van der Waals surface area (Å²) in [6, 6.07) is 2.22. The van der Waals surface area contributed by atoms with Crippen molar-refractivity contribution in [1.29, 1.82) is 5.26 Å². The highest BCUT2D eigenvalue weighted by Crippen LogP contribution is 2.36. The number of nitrogens with one attached hydrogen (secondary N) is 1. The number of nitrogens with zero attached hydrogens (tertiary/aromatic N) is 2. The van der Waals surface area contributed by atoms with E-state index in [1.54, 1.807) is 0 Å². The molecular formula is C20H23N3O4S2. The summed E-state index contributed by atoms with van der Waals surface area (Å²) in [7, 11) is 0. The molecule has 0 aromatic carbocycles. The highest BCUT2D eigenvalue weighted by atomic mass is 32.2. The number of fused-ring (bicyclic) bond motifs is 1. The van der Waals surface area contributed by atoms with Gasteiger partial charge in [0.15, 0.2) is 6.61 Å². The van der Waals surface area contributed by atoms with E-state index >= 15 is 0 Å². The van der Waals surface area contributed by atoms with Gasteiger partial charge < -0.3 is 14.6 Å². The van der Waals surface area contributed by atoms with Crippen LogP contribution in [-0.2, 0) is 32.9 Å². The number of ether oxygens (including phenoxy) is 1. The second kappa shape index (κ2) is 9.94. The van der Waals surface area contributed by atoms with Gasteiger partial charge in [-0.25, -0.2) is 0 Å². The van der Waals surface area contributed by atoms with Gasteiger partial charge in [0, 0.05) is 16.2 Å². The number of amides is 1. The number of aromatic nitrogens is 1. The summed E-state index contributed by atoms with van der Waals surface area (Å²) in [4.78, 5) is 25.3. The fraction of sp³-hybridized carbons (Fsp3) is 0.500. The van der Waals surface area contributed by atoms with Crippen molar-refractivity contribution in [2.75, 3.05) is 17.7 Å². The zero-order valence-corrected chi connectivity index (χ0v) is 18.1. The average Bonchev–Trinajstić information content (AvgIpc) is 3.08. The molecule has 0 bridgehead atoms. The molecule has 2 aromatic heterocycles. The molecule has 9 heteroatoms. The first-order valence-electron chi connectivity index (χ1n) is 9.49. The monoisotopic (exact) mass is 433 g/mol. The lowest BCUT2D eigenvalue weighted by atomic mass is 10.1. The number of esters is 1. The second-order valence-corrected chi connectivity index (χ2v) is 8.98. The molecule has 1 aliphatic carbocycles. The van der Waals surface area contributed by atoms with E-state index in [2.05, 4.69) is 16.5 Å². The van der Waals surface area contributed by atoms with E-state index in [0.717, 1.165) is 54.7 Å². The van der Waals surface area contributed by atoms with Crippen molar-refractivity contribution < 1.29 is 18.8 Å². The van der Waals surface area contributed by atoms with Gasteiger partial charge in [-0.2, -0.15) is 5.26 Å². The van der Waals surface area contributed by atoms with E-state index in [1.165, 1.54) is 28.0 Å². The van der Waals surface area contributed by atoms with Crippen molar-refractivity contribution in [3.05, 3.63) is 33.0 Å². The van der Waals surface area contributed by atoms with Crippen LogP contribution >= 0.6 is 23.1 Å². The summed E-state index contributed by atoms with van der Waals surface area (Å²) in [5.74, 6) is 0.578. The van der Waals surface area contributed by atoms with Crippen LogP contribution in [-0.4, -0.2) is 29.4 Å². The summed E-state index contributed by atoms with van der Waals surface area (Å²) >= 11 is 2.85. The first-order valence-corrected chi connectivity index (χ1v) is 11.5. The smallest absolute Gasteiger partial charge is 0.316 e. The first-order chi connectivity index (χ1) is 14.0. The normalized spacial score (nSPS) is 13.3. The zero-order valence-electron chi connectivity index (χ0n) is 16.5. The van der Waals surface area contributed by atoms with Crippen LogP contribution in [0.2, 0.25) is 0 Å². The van der Waals surface area contributed by atoms with Crippen LogP contribution in [0.25, 0.3) is 0 Å². The molecule has 0 spiro atoms. The maximum atomic E-state index is 12.2. The molecule has 154 valence electrons. The Morgan fingerprint density at radius 3 is 2.83 bits per heavy atom. The average molecular weight is 434 g/mol. The fourth-order valence-electron chi connectivity index (χ4n) is 3.24. The van der Waals surface area contributed by atoms with Gasteiger partial charge in [0.2, 0.25) is 0 Å². The molecule has 0 saturated heterocycles. The van der Waals surface area contributed by atoms with E-state index in [1.807, 2.05) is 13.8 Å².